The minimum absolute atomic E-state index is 0.161. The molecule has 1 unspecified atom stereocenters. The summed E-state index contributed by atoms with van der Waals surface area (Å²) in [5.74, 6) is -0.166. The number of halogens is 1. The van der Waals surface area contributed by atoms with Gasteiger partial charge in [-0.25, -0.2) is 0 Å². The highest BCUT2D eigenvalue weighted by Gasteiger charge is 2.14. The average molecular weight is 214 g/mol. The van der Waals surface area contributed by atoms with E-state index in [0.29, 0.717) is 5.56 Å². The number of aliphatic hydroxyl groups excluding tert-OH is 1. The standard InChI is InChI=1S/C8H8ClN3O2/c9-6-3-1-2-5(8(6)14)7(4-13)11-12-10/h1-3,7,13-14H,4H2. The number of phenols is 1. The van der Waals surface area contributed by atoms with Gasteiger partial charge in [0.1, 0.15) is 5.75 Å². The molecule has 0 aliphatic rings. The van der Waals surface area contributed by atoms with Crippen LogP contribution in [0.1, 0.15) is 11.6 Å². The predicted octanol–water partition coefficient (Wildman–Crippen LogP) is 2.39. The highest BCUT2D eigenvalue weighted by molar-refractivity contribution is 6.32. The number of para-hydroxylation sites is 1. The molecule has 0 amide bonds. The van der Waals surface area contributed by atoms with Crippen LogP contribution in [0.5, 0.6) is 5.75 Å². The molecule has 2 N–H and O–H groups in total. The zero-order valence-electron chi connectivity index (χ0n) is 7.13. The number of rotatable bonds is 3. The Bertz CT molecular complexity index is 377. The number of hydrogen-bond acceptors (Lipinski definition) is 3. The second-order valence-electron chi connectivity index (χ2n) is 2.58. The Kier molecular flexibility index (Phi) is 3.59. The summed E-state index contributed by atoms with van der Waals surface area (Å²) in [6, 6.07) is 3.84. The molecule has 6 heteroatoms. The van der Waals surface area contributed by atoms with Gasteiger partial charge in [0, 0.05) is 10.5 Å². The van der Waals surface area contributed by atoms with Crippen molar-refractivity contribution >= 4 is 11.6 Å². The third-order valence-corrected chi connectivity index (χ3v) is 2.05. The van der Waals surface area contributed by atoms with Crippen LogP contribution >= 0.6 is 11.6 Å². The van der Waals surface area contributed by atoms with Gasteiger partial charge in [-0.1, -0.05) is 28.8 Å². The van der Waals surface area contributed by atoms with Gasteiger partial charge in [-0.15, -0.1) is 0 Å². The van der Waals surface area contributed by atoms with Gasteiger partial charge in [0.15, 0.2) is 0 Å². The highest BCUT2D eigenvalue weighted by atomic mass is 35.5. The summed E-state index contributed by atoms with van der Waals surface area (Å²) in [5.41, 5.74) is 8.54. The Hall–Kier alpha value is -1.42. The molecule has 1 aromatic rings. The maximum absolute atomic E-state index is 9.50. The maximum atomic E-state index is 9.50. The molecule has 74 valence electrons. The van der Waals surface area contributed by atoms with Gasteiger partial charge in [0.2, 0.25) is 0 Å². The minimum atomic E-state index is -0.807. The molecule has 0 spiro atoms. The molecule has 0 bridgehead atoms. The van der Waals surface area contributed by atoms with Crippen LogP contribution in [0.2, 0.25) is 5.02 Å². The van der Waals surface area contributed by atoms with E-state index in [-0.39, 0.29) is 17.4 Å². The zero-order valence-corrected chi connectivity index (χ0v) is 7.89. The quantitative estimate of drug-likeness (QED) is 0.459. The summed E-state index contributed by atoms with van der Waals surface area (Å²) in [6.07, 6.45) is 0. The lowest BCUT2D eigenvalue weighted by Crippen LogP contribution is -2.00. The molecule has 0 radical (unpaired) electrons. The van der Waals surface area contributed by atoms with Crippen molar-refractivity contribution in [2.45, 2.75) is 6.04 Å². The first-order valence-electron chi connectivity index (χ1n) is 3.83. The number of aromatic hydroxyl groups is 1. The van der Waals surface area contributed by atoms with Crippen LogP contribution in [0.25, 0.3) is 10.4 Å². The fourth-order valence-corrected chi connectivity index (χ4v) is 1.24. The van der Waals surface area contributed by atoms with Crippen LogP contribution in [0.4, 0.5) is 0 Å². The van der Waals surface area contributed by atoms with E-state index < -0.39 is 6.04 Å². The van der Waals surface area contributed by atoms with Crippen molar-refractivity contribution in [1.29, 1.82) is 0 Å². The third kappa shape index (κ3) is 2.09. The Balaban J connectivity index is 3.16. The second-order valence-corrected chi connectivity index (χ2v) is 2.99. The molecule has 0 aliphatic heterocycles. The number of azide groups is 1. The average Bonchev–Trinajstić information content (AvgIpc) is 2.19. The molecule has 0 aromatic heterocycles. The van der Waals surface area contributed by atoms with Crippen molar-refractivity contribution in [3.63, 3.8) is 0 Å². The smallest absolute Gasteiger partial charge is 0.137 e. The van der Waals surface area contributed by atoms with Gasteiger partial charge in [-0.2, -0.15) is 0 Å². The van der Waals surface area contributed by atoms with Gasteiger partial charge < -0.3 is 10.2 Å². The number of nitrogens with zero attached hydrogens (tertiary/aromatic N) is 3. The van der Waals surface area contributed by atoms with E-state index in [1.807, 2.05) is 0 Å². The van der Waals surface area contributed by atoms with E-state index in [2.05, 4.69) is 10.0 Å². The largest absolute Gasteiger partial charge is 0.506 e. The molecule has 14 heavy (non-hydrogen) atoms. The van der Waals surface area contributed by atoms with Crippen LogP contribution in [0.15, 0.2) is 23.3 Å². The van der Waals surface area contributed by atoms with Gasteiger partial charge in [0.25, 0.3) is 0 Å². The number of phenolic OH excluding ortho intramolecular Hbond substituents is 1. The van der Waals surface area contributed by atoms with Crippen LogP contribution < -0.4 is 0 Å². The van der Waals surface area contributed by atoms with Crippen molar-refractivity contribution in [3.05, 3.63) is 39.2 Å². The first kappa shape index (κ1) is 10.7. The van der Waals surface area contributed by atoms with Crippen molar-refractivity contribution in [3.8, 4) is 5.75 Å². The third-order valence-electron chi connectivity index (χ3n) is 1.74. The normalized spacial score (nSPS) is 11.9. The fraction of sp³-hybridized carbons (Fsp3) is 0.250. The van der Waals surface area contributed by atoms with E-state index in [1.165, 1.54) is 12.1 Å². The maximum Gasteiger partial charge on any atom is 0.137 e. The summed E-state index contributed by atoms with van der Waals surface area (Å²) in [6.45, 7) is -0.377. The monoisotopic (exact) mass is 213 g/mol. The lowest BCUT2D eigenvalue weighted by Gasteiger charge is -2.10. The highest BCUT2D eigenvalue weighted by Crippen LogP contribution is 2.32. The van der Waals surface area contributed by atoms with E-state index in [4.69, 9.17) is 22.2 Å². The van der Waals surface area contributed by atoms with Crippen molar-refractivity contribution in [1.82, 2.24) is 0 Å². The van der Waals surface area contributed by atoms with E-state index in [9.17, 15) is 5.11 Å². The molecule has 5 nitrogen and oxygen atoms in total. The molecule has 0 aliphatic carbocycles. The van der Waals surface area contributed by atoms with E-state index >= 15 is 0 Å². The first-order chi connectivity index (χ1) is 6.70. The summed E-state index contributed by atoms with van der Waals surface area (Å²) in [4.78, 5) is 2.56. The molecule has 0 fully saturated rings. The Morgan fingerprint density at radius 1 is 1.57 bits per heavy atom. The Labute approximate surface area is 85.2 Å². The molecule has 1 atom stereocenters. The van der Waals surface area contributed by atoms with Crippen molar-refractivity contribution < 1.29 is 10.2 Å². The molecule has 0 heterocycles. The molecular formula is C8H8ClN3O2. The second kappa shape index (κ2) is 4.72. The van der Waals surface area contributed by atoms with Gasteiger partial charge >= 0.3 is 0 Å². The lowest BCUT2D eigenvalue weighted by molar-refractivity contribution is 0.265. The summed E-state index contributed by atoms with van der Waals surface area (Å²) in [5, 5.41) is 21.9. The summed E-state index contributed by atoms with van der Waals surface area (Å²) < 4.78 is 0. The SMILES string of the molecule is [N-]=[N+]=NC(CO)c1cccc(Cl)c1O. The molecule has 0 saturated carbocycles. The van der Waals surface area contributed by atoms with Gasteiger partial charge in [0.05, 0.1) is 17.7 Å². The minimum Gasteiger partial charge on any atom is -0.506 e. The molecular weight excluding hydrogens is 206 g/mol. The predicted molar refractivity (Wildman–Crippen MR) is 52.1 cm³/mol. The van der Waals surface area contributed by atoms with Gasteiger partial charge in [-0.3, -0.25) is 0 Å². The number of hydrogen-bond donors (Lipinski definition) is 2. The summed E-state index contributed by atoms with van der Waals surface area (Å²) in [7, 11) is 0. The van der Waals surface area contributed by atoms with E-state index in [0.717, 1.165) is 0 Å². The van der Waals surface area contributed by atoms with Gasteiger partial charge in [-0.05, 0) is 11.6 Å². The first-order valence-corrected chi connectivity index (χ1v) is 4.21. The molecule has 1 aromatic carbocycles. The molecule has 0 saturated heterocycles. The number of aliphatic hydroxyl groups is 1. The van der Waals surface area contributed by atoms with Crippen LogP contribution in [-0.4, -0.2) is 16.8 Å². The molecule has 1 rings (SSSR count). The Morgan fingerprint density at radius 3 is 2.86 bits per heavy atom. The fourth-order valence-electron chi connectivity index (χ4n) is 1.06. The van der Waals surface area contributed by atoms with Crippen LogP contribution in [-0.2, 0) is 0 Å². The lowest BCUT2D eigenvalue weighted by atomic mass is 10.1. The Morgan fingerprint density at radius 2 is 2.29 bits per heavy atom. The summed E-state index contributed by atoms with van der Waals surface area (Å²) >= 11 is 5.65. The van der Waals surface area contributed by atoms with Crippen molar-refractivity contribution in [2.75, 3.05) is 6.61 Å². The number of benzene rings is 1. The van der Waals surface area contributed by atoms with Crippen LogP contribution in [0, 0.1) is 0 Å². The topological polar surface area (TPSA) is 89.2 Å². The van der Waals surface area contributed by atoms with Crippen LogP contribution in [0.3, 0.4) is 0 Å². The van der Waals surface area contributed by atoms with E-state index in [1.54, 1.807) is 6.07 Å². The zero-order chi connectivity index (χ0) is 10.6. The van der Waals surface area contributed by atoms with Crippen molar-refractivity contribution in [2.24, 2.45) is 5.11 Å².